The van der Waals surface area contributed by atoms with Crippen LogP contribution in [0, 0.1) is 0 Å². The van der Waals surface area contributed by atoms with Crippen molar-refractivity contribution >= 4 is 35.4 Å². The zero-order valence-corrected chi connectivity index (χ0v) is 18.0. The summed E-state index contributed by atoms with van der Waals surface area (Å²) in [5.74, 6) is -2.44. The number of carbonyl (C=O) groups excluding carboxylic acids is 3. The molecule has 0 aliphatic carbocycles. The Balaban J connectivity index is 1.65. The summed E-state index contributed by atoms with van der Waals surface area (Å²) < 4.78 is 10.9. The van der Waals surface area contributed by atoms with Crippen molar-refractivity contribution in [3.05, 3.63) is 82.6 Å². The number of hydrogen-bond donors (Lipinski definition) is 1. The molecule has 1 unspecified atom stereocenters. The average Bonchev–Trinajstić information content (AvgIpc) is 2.80. The molecule has 1 amide bonds. The SMILES string of the molecule is CO[C@H]1C(=O)N2C(C(=O)c3ccccc3)=C(C)C(OC(=O)c3ccc(C(=O)O)cc3)S[C@@H]12. The normalized spacial score (nSPS) is 22.1. The molecule has 32 heavy (non-hydrogen) atoms. The predicted octanol–water partition coefficient (Wildman–Crippen LogP) is 2.95. The van der Waals surface area contributed by atoms with Gasteiger partial charge in [0.05, 0.1) is 16.8 Å². The fourth-order valence-corrected chi connectivity index (χ4v) is 5.01. The number of ether oxygens (including phenoxy) is 2. The molecule has 2 heterocycles. The highest BCUT2D eigenvalue weighted by Crippen LogP contribution is 2.46. The van der Waals surface area contributed by atoms with Crippen LogP contribution in [0.4, 0.5) is 0 Å². The summed E-state index contributed by atoms with van der Waals surface area (Å²) in [5.41, 5.74) is 0.435. The van der Waals surface area contributed by atoms with Gasteiger partial charge < -0.3 is 14.6 Å². The Kier molecular flexibility index (Phi) is 5.86. The standard InChI is InChI=1S/C23H19NO7S/c1-12-16(17(25)13-6-4-3-5-7-13)24-19(26)18(30-2)20(24)32-23(12)31-22(29)15-10-8-14(9-11-15)21(27)28/h3-11,18,20,23H,1-2H3,(H,27,28)/t18-,20-,23?/m0/s1. The molecule has 1 N–H and O–H groups in total. The van der Waals surface area contributed by atoms with Gasteiger partial charge >= 0.3 is 11.9 Å². The third-order valence-electron chi connectivity index (χ3n) is 5.31. The van der Waals surface area contributed by atoms with Crippen LogP contribution in [-0.4, -0.2) is 57.7 Å². The maximum Gasteiger partial charge on any atom is 0.339 e. The summed E-state index contributed by atoms with van der Waals surface area (Å²) in [6, 6.07) is 13.9. The molecule has 0 spiro atoms. The van der Waals surface area contributed by atoms with Crippen LogP contribution < -0.4 is 0 Å². The Morgan fingerprint density at radius 1 is 0.969 bits per heavy atom. The third-order valence-corrected chi connectivity index (χ3v) is 6.75. The van der Waals surface area contributed by atoms with Crippen molar-refractivity contribution in [1.82, 2.24) is 4.90 Å². The molecule has 2 aliphatic heterocycles. The van der Waals surface area contributed by atoms with E-state index in [9.17, 15) is 19.2 Å². The van der Waals surface area contributed by atoms with Gasteiger partial charge in [0.15, 0.2) is 11.5 Å². The van der Waals surface area contributed by atoms with E-state index in [1.807, 2.05) is 0 Å². The van der Waals surface area contributed by atoms with Crippen molar-refractivity contribution < 1.29 is 33.8 Å². The monoisotopic (exact) mass is 453 g/mol. The van der Waals surface area contributed by atoms with E-state index in [0.29, 0.717) is 11.1 Å². The van der Waals surface area contributed by atoms with Crippen LogP contribution in [0.5, 0.6) is 0 Å². The summed E-state index contributed by atoms with van der Waals surface area (Å²) in [5, 5.41) is 8.51. The van der Waals surface area contributed by atoms with Crippen LogP contribution in [0.25, 0.3) is 0 Å². The van der Waals surface area contributed by atoms with Gasteiger partial charge in [-0.25, -0.2) is 9.59 Å². The highest BCUT2D eigenvalue weighted by atomic mass is 32.2. The lowest BCUT2D eigenvalue weighted by atomic mass is 9.98. The molecule has 0 bridgehead atoms. The fourth-order valence-electron chi connectivity index (χ4n) is 3.60. The highest BCUT2D eigenvalue weighted by Gasteiger charge is 2.56. The fraction of sp³-hybridized carbons (Fsp3) is 0.217. The number of ketones is 1. The molecule has 2 aromatic carbocycles. The van der Waals surface area contributed by atoms with Crippen molar-refractivity contribution in [2.75, 3.05) is 7.11 Å². The second-order valence-corrected chi connectivity index (χ2v) is 8.42. The van der Waals surface area contributed by atoms with E-state index in [1.165, 1.54) is 48.0 Å². The number of benzene rings is 2. The van der Waals surface area contributed by atoms with Crippen LogP contribution in [0.2, 0.25) is 0 Å². The Morgan fingerprint density at radius 2 is 1.59 bits per heavy atom. The molecule has 3 atom stereocenters. The number of hydrogen-bond acceptors (Lipinski definition) is 7. The van der Waals surface area contributed by atoms with Crippen LogP contribution in [0.15, 0.2) is 65.9 Å². The number of esters is 1. The Bertz CT molecular complexity index is 1130. The number of carbonyl (C=O) groups is 4. The molecule has 2 aromatic rings. The molecule has 164 valence electrons. The molecule has 1 saturated heterocycles. The maximum absolute atomic E-state index is 13.2. The van der Waals surface area contributed by atoms with Gasteiger partial charge in [-0.1, -0.05) is 42.1 Å². The van der Waals surface area contributed by atoms with E-state index in [-0.39, 0.29) is 28.5 Å². The number of thioether (sulfide) groups is 1. The zero-order chi connectivity index (χ0) is 23.0. The van der Waals surface area contributed by atoms with Crippen molar-refractivity contribution in [1.29, 1.82) is 0 Å². The molecule has 1 fully saturated rings. The lowest BCUT2D eigenvalue weighted by Gasteiger charge is -2.50. The first kappa shape index (κ1) is 21.8. The number of Topliss-reactive ketones (excluding diaryl/α,β-unsaturated/α-hetero) is 1. The zero-order valence-electron chi connectivity index (χ0n) is 17.2. The number of fused-ring (bicyclic) bond motifs is 1. The average molecular weight is 453 g/mol. The van der Waals surface area contributed by atoms with Gasteiger partial charge in [-0.15, -0.1) is 0 Å². The number of rotatable bonds is 6. The van der Waals surface area contributed by atoms with Gasteiger partial charge in [-0.2, -0.15) is 0 Å². The first-order valence-electron chi connectivity index (χ1n) is 9.69. The molecule has 0 aromatic heterocycles. The predicted molar refractivity (Wildman–Crippen MR) is 115 cm³/mol. The summed E-state index contributed by atoms with van der Waals surface area (Å²) in [6.07, 6.45) is -0.747. The molecule has 0 radical (unpaired) electrons. The smallest absolute Gasteiger partial charge is 0.339 e. The number of β-lactam (4-membered cyclic amide) rings is 1. The Morgan fingerprint density at radius 3 is 2.19 bits per heavy atom. The van der Waals surface area contributed by atoms with Gasteiger partial charge in [-0.05, 0) is 31.2 Å². The van der Waals surface area contributed by atoms with E-state index in [1.54, 1.807) is 37.3 Å². The Labute approximate surface area is 187 Å². The molecular formula is C23H19NO7S. The first-order valence-corrected chi connectivity index (χ1v) is 10.6. The molecular weight excluding hydrogens is 434 g/mol. The number of amides is 1. The summed E-state index contributed by atoms with van der Waals surface area (Å²) >= 11 is 1.21. The lowest BCUT2D eigenvalue weighted by Crippen LogP contribution is -2.66. The minimum atomic E-state index is -1.10. The molecule has 0 saturated carbocycles. The molecule has 4 rings (SSSR count). The van der Waals surface area contributed by atoms with Crippen molar-refractivity contribution in [2.45, 2.75) is 23.8 Å². The van der Waals surface area contributed by atoms with Gasteiger partial charge in [0, 0.05) is 18.2 Å². The van der Waals surface area contributed by atoms with Gasteiger partial charge in [-0.3, -0.25) is 14.5 Å². The first-order chi connectivity index (χ1) is 15.3. The number of allylic oxidation sites excluding steroid dienone is 1. The number of nitrogens with zero attached hydrogens (tertiary/aromatic N) is 1. The van der Waals surface area contributed by atoms with Gasteiger partial charge in [0.1, 0.15) is 5.37 Å². The van der Waals surface area contributed by atoms with Crippen LogP contribution in [0.3, 0.4) is 0 Å². The minimum Gasteiger partial charge on any atom is -0.478 e. The van der Waals surface area contributed by atoms with Crippen LogP contribution in [-0.2, 0) is 14.3 Å². The summed E-state index contributed by atoms with van der Waals surface area (Å²) in [6.45, 7) is 1.65. The van der Waals surface area contributed by atoms with E-state index in [2.05, 4.69) is 0 Å². The number of aromatic carboxylic acids is 1. The quantitative estimate of drug-likeness (QED) is 0.404. The van der Waals surface area contributed by atoms with Gasteiger partial charge in [0.2, 0.25) is 5.78 Å². The molecule has 2 aliphatic rings. The van der Waals surface area contributed by atoms with E-state index >= 15 is 0 Å². The topological polar surface area (TPSA) is 110 Å². The lowest BCUT2D eigenvalue weighted by molar-refractivity contribution is -0.158. The molecule has 9 heteroatoms. The van der Waals surface area contributed by atoms with E-state index in [0.717, 1.165) is 0 Å². The Hall–Kier alpha value is -3.43. The van der Waals surface area contributed by atoms with E-state index < -0.39 is 28.9 Å². The number of carboxylic acid groups (broad SMARTS) is 1. The second-order valence-electron chi connectivity index (χ2n) is 7.24. The van der Waals surface area contributed by atoms with Crippen molar-refractivity contribution in [2.24, 2.45) is 0 Å². The van der Waals surface area contributed by atoms with Crippen molar-refractivity contribution in [3.63, 3.8) is 0 Å². The van der Waals surface area contributed by atoms with Crippen molar-refractivity contribution in [3.8, 4) is 0 Å². The summed E-state index contributed by atoms with van der Waals surface area (Å²) in [7, 11) is 1.41. The number of carboxylic acids is 1. The van der Waals surface area contributed by atoms with Crippen LogP contribution >= 0.6 is 11.8 Å². The highest BCUT2D eigenvalue weighted by molar-refractivity contribution is 8.00. The second kappa shape index (κ2) is 8.60. The van der Waals surface area contributed by atoms with Crippen LogP contribution in [0.1, 0.15) is 38.0 Å². The van der Waals surface area contributed by atoms with E-state index in [4.69, 9.17) is 14.6 Å². The maximum atomic E-state index is 13.2. The largest absolute Gasteiger partial charge is 0.478 e. The van der Waals surface area contributed by atoms with Gasteiger partial charge in [0.25, 0.3) is 5.91 Å². The number of methoxy groups -OCH3 is 1. The third kappa shape index (κ3) is 3.69. The molecule has 8 nitrogen and oxygen atoms in total. The minimum absolute atomic E-state index is 0.0481. The summed E-state index contributed by atoms with van der Waals surface area (Å²) in [4.78, 5) is 51.0.